The maximum Gasteiger partial charge on any atom is 0.238 e. The van der Waals surface area contributed by atoms with Gasteiger partial charge in [0.2, 0.25) is 11.8 Å². The van der Waals surface area contributed by atoms with Gasteiger partial charge >= 0.3 is 0 Å². The van der Waals surface area contributed by atoms with E-state index in [1.807, 2.05) is 6.92 Å². The number of likely N-dealkylation sites (N-methyl/N-ethyl adjacent to an activating group) is 1. The molecule has 2 amide bonds. The number of methoxy groups -OCH3 is 2. The Morgan fingerprint density at radius 2 is 1.74 bits per heavy atom. The standard InChI is InChI=1S/C16H25N3O4/c1-5-8-17-15(20)10-19(2)11-16(21)18-12-6-7-13(22-3)14(9-12)23-4/h6-7,9H,5,8,10-11H2,1-4H3,(H,17,20)(H,18,21). The lowest BCUT2D eigenvalue weighted by Gasteiger charge is -2.16. The quantitative estimate of drug-likeness (QED) is 0.711. The van der Waals surface area contributed by atoms with Crippen LogP contribution < -0.4 is 20.1 Å². The fourth-order valence-corrected chi connectivity index (χ4v) is 1.98. The molecule has 0 aliphatic carbocycles. The number of nitrogens with zero attached hydrogens (tertiary/aromatic N) is 1. The Bertz CT molecular complexity index is 534. The summed E-state index contributed by atoms with van der Waals surface area (Å²) in [4.78, 5) is 25.3. The number of ether oxygens (including phenoxy) is 2. The van der Waals surface area contributed by atoms with Crippen LogP contribution in [-0.2, 0) is 9.59 Å². The van der Waals surface area contributed by atoms with Gasteiger partial charge in [0.25, 0.3) is 0 Å². The number of amides is 2. The van der Waals surface area contributed by atoms with Crippen molar-refractivity contribution < 1.29 is 19.1 Å². The number of carbonyl (C=O) groups is 2. The molecule has 0 unspecified atom stereocenters. The Kier molecular flexibility index (Phi) is 7.90. The van der Waals surface area contributed by atoms with Crippen molar-refractivity contribution >= 4 is 17.5 Å². The van der Waals surface area contributed by atoms with E-state index >= 15 is 0 Å². The number of rotatable bonds is 9. The summed E-state index contributed by atoms with van der Waals surface area (Å²) in [7, 11) is 4.81. The van der Waals surface area contributed by atoms with Crippen LogP contribution >= 0.6 is 0 Å². The first-order valence-electron chi connectivity index (χ1n) is 7.47. The number of nitrogens with one attached hydrogen (secondary N) is 2. The molecule has 1 aromatic rings. The zero-order valence-corrected chi connectivity index (χ0v) is 14.1. The van der Waals surface area contributed by atoms with Gasteiger partial charge in [-0.05, 0) is 25.6 Å². The largest absolute Gasteiger partial charge is 0.493 e. The molecule has 0 aliphatic rings. The lowest BCUT2D eigenvalue weighted by atomic mass is 10.2. The van der Waals surface area contributed by atoms with Crippen molar-refractivity contribution in [1.29, 1.82) is 0 Å². The first-order chi connectivity index (χ1) is 11.0. The summed E-state index contributed by atoms with van der Waals surface area (Å²) >= 11 is 0. The summed E-state index contributed by atoms with van der Waals surface area (Å²) in [5, 5.41) is 5.54. The topological polar surface area (TPSA) is 79.9 Å². The molecule has 1 aromatic carbocycles. The highest BCUT2D eigenvalue weighted by molar-refractivity contribution is 5.93. The average Bonchev–Trinajstić information content (AvgIpc) is 2.52. The molecule has 2 N–H and O–H groups in total. The van der Waals surface area contributed by atoms with E-state index in [2.05, 4.69) is 10.6 Å². The van der Waals surface area contributed by atoms with Gasteiger partial charge in [0, 0.05) is 18.3 Å². The van der Waals surface area contributed by atoms with Gasteiger partial charge in [-0.3, -0.25) is 14.5 Å². The van der Waals surface area contributed by atoms with Crippen LogP contribution in [0.1, 0.15) is 13.3 Å². The van der Waals surface area contributed by atoms with Gasteiger partial charge in [-0.1, -0.05) is 6.92 Å². The van der Waals surface area contributed by atoms with Crippen LogP contribution in [0.4, 0.5) is 5.69 Å². The highest BCUT2D eigenvalue weighted by atomic mass is 16.5. The Labute approximate surface area is 136 Å². The predicted octanol–water partition coefficient (Wildman–Crippen LogP) is 1.10. The molecule has 0 bridgehead atoms. The zero-order valence-electron chi connectivity index (χ0n) is 14.1. The van der Waals surface area contributed by atoms with E-state index in [-0.39, 0.29) is 24.9 Å². The summed E-state index contributed by atoms with van der Waals surface area (Å²) in [6.07, 6.45) is 0.884. The van der Waals surface area contributed by atoms with Gasteiger partial charge in [-0.15, -0.1) is 0 Å². The number of benzene rings is 1. The molecule has 0 aromatic heterocycles. The van der Waals surface area contributed by atoms with E-state index in [1.165, 1.54) is 7.11 Å². The third-order valence-electron chi connectivity index (χ3n) is 3.07. The van der Waals surface area contributed by atoms with Gasteiger partial charge in [0.05, 0.1) is 27.3 Å². The molecule has 0 spiro atoms. The van der Waals surface area contributed by atoms with Crippen molar-refractivity contribution in [1.82, 2.24) is 10.2 Å². The third kappa shape index (κ3) is 6.56. The molecule has 7 heteroatoms. The van der Waals surface area contributed by atoms with Crippen LogP contribution in [-0.4, -0.2) is 57.6 Å². The Morgan fingerprint density at radius 1 is 1.09 bits per heavy atom. The molecule has 0 atom stereocenters. The molecular weight excluding hydrogens is 298 g/mol. The van der Waals surface area contributed by atoms with Crippen molar-refractivity contribution in [3.05, 3.63) is 18.2 Å². The first kappa shape index (κ1) is 18.8. The first-order valence-corrected chi connectivity index (χ1v) is 7.47. The number of carbonyl (C=O) groups excluding carboxylic acids is 2. The number of hydrogen-bond acceptors (Lipinski definition) is 5. The number of hydrogen-bond donors (Lipinski definition) is 2. The molecule has 0 radical (unpaired) electrons. The van der Waals surface area contributed by atoms with Gasteiger partial charge in [-0.25, -0.2) is 0 Å². The van der Waals surface area contributed by atoms with Crippen LogP contribution in [0.15, 0.2) is 18.2 Å². The summed E-state index contributed by atoms with van der Waals surface area (Å²) in [5.74, 6) is 0.837. The smallest absolute Gasteiger partial charge is 0.238 e. The maximum atomic E-state index is 12.0. The summed E-state index contributed by atoms with van der Waals surface area (Å²) in [5.41, 5.74) is 0.608. The van der Waals surface area contributed by atoms with Gasteiger partial charge < -0.3 is 20.1 Å². The molecule has 1 rings (SSSR count). The van der Waals surface area contributed by atoms with E-state index in [0.717, 1.165) is 6.42 Å². The minimum absolute atomic E-state index is 0.0896. The van der Waals surface area contributed by atoms with Crippen molar-refractivity contribution in [3.63, 3.8) is 0 Å². The predicted molar refractivity (Wildman–Crippen MR) is 89.0 cm³/mol. The van der Waals surface area contributed by atoms with Crippen LogP contribution in [0.5, 0.6) is 11.5 Å². The summed E-state index contributed by atoms with van der Waals surface area (Å²) in [6.45, 7) is 2.93. The minimum atomic E-state index is -0.206. The van der Waals surface area contributed by atoms with Crippen LogP contribution in [0.2, 0.25) is 0 Å². The van der Waals surface area contributed by atoms with Gasteiger partial charge in [-0.2, -0.15) is 0 Å². The number of anilines is 1. The second-order valence-electron chi connectivity index (χ2n) is 5.14. The van der Waals surface area contributed by atoms with Crippen molar-refractivity contribution in [2.75, 3.05) is 46.2 Å². The molecule has 128 valence electrons. The SMILES string of the molecule is CCCNC(=O)CN(C)CC(=O)Nc1ccc(OC)c(OC)c1. The van der Waals surface area contributed by atoms with E-state index < -0.39 is 0 Å². The Morgan fingerprint density at radius 3 is 2.35 bits per heavy atom. The highest BCUT2D eigenvalue weighted by Crippen LogP contribution is 2.29. The Hall–Kier alpha value is -2.28. The lowest BCUT2D eigenvalue weighted by molar-refractivity contribution is -0.122. The second-order valence-corrected chi connectivity index (χ2v) is 5.14. The van der Waals surface area contributed by atoms with Crippen LogP contribution in [0.25, 0.3) is 0 Å². The third-order valence-corrected chi connectivity index (χ3v) is 3.07. The fourth-order valence-electron chi connectivity index (χ4n) is 1.98. The van der Waals surface area contributed by atoms with Crippen molar-refractivity contribution in [2.24, 2.45) is 0 Å². The fraction of sp³-hybridized carbons (Fsp3) is 0.500. The summed E-state index contributed by atoms with van der Waals surface area (Å²) < 4.78 is 10.3. The molecule has 0 heterocycles. The zero-order chi connectivity index (χ0) is 17.2. The van der Waals surface area contributed by atoms with E-state index in [4.69, 9.17) is 9.47 Å². The molecule has 23 heavy (non-hydrogen) atoms. The maximum absolute atomic E-state index is 12.0. The van der Waals surface area contributed by atoms with Crippen molar-refractivity contribution in [2.45, 2.75) is 13.3 Å². The second kappa shape index (κ2) is 9.68. The van der Waals surface area contributed by atoms with Crippen LogP contribution in [0.3, 0.4) is 0 Å². The molecule has 0 fully saturated rings. The van der Waals surface area contributed by atoms with Crippen molar-refractivity contribution in [3.8, 4) is 11.5 Å². The molecule has 0 saturated carbocycles. The summed E-state index contributed by atoms with van der Waals surface area (Å²) in [6, 6.07) is 5.13. The molecule has 0 saturated heterocycles. The highest BCUT2D eigenvalue weighted by Gasteiger charge is 2.12. The molecule has 0 aliphatic heterocycles. The van der Waals surface area contributed by atoms with E-state index in [0.29, 0.717) is 23.7 Å². The van der Waals surface area contributed by atoms with E-state index in [9.17, 15) is 9.59 Å². The average molecular weight is 323 g/mol. The van der Waals surface area contributed by atoms with E-state index in [1.54, 1.807) is 37.3 Å². The monoisotopic (exact) mass is 323 g/mol. The van der Waals surface area contributed by atoms with Gasteiger partial charge in [0.1, 0.15) is 0 Å². The lowest BCUT2D eigenvalue weighted by Crippen LogP contribution is -2.39. The molecule has 7 nitrogen and oxygen atoms in total. The Balaban J connectivity index is 2.51. The van der Waals surface area contributed by atoms with Gasteiger partial charge in [0.15, 0.2) is 11.5 Å². The van der Waals surface area contributed by atoms with Crippen LogP contribution in [0, 0.1) is 0 Å². The minimum Gasteiger partial charge on any atom is -0.493 e. The normalized spacial score (nSPS) is 10.3. The molecular formula is C16H25N3O4.